The van der Waals surface area contributed by atoms with Crippen LogP contribution in [0.2, 0.25) is 5.02 Å². The summed E-state index contributed by atoms with van der Waals surface area (Å²) in [6.07, 6.45) is 0. The number of nitrogens with zero attached hydrogens (tertiary/aromatic N) is 1. The number of halogens is 1. The lowest BCUT2D eigenvalue weighted by Crippen LogP contribution is -1.94. The molecule has 5 heteroatoms. The maximum atomic E-state index is 10.9. The lowest BCUT2D eigenvalue weighted by molar-refractivity contribution is 0.0697. The van der Waals surface area contributed by atoms with Gasteiger partial charge in [-0.05, 0) is 42.8 Å². The molecule has 2 aromatic carbocycles. The highest BCUT2D eigenvalue weighted by molar-refractivity contribution is 6.33. The summed E-state index contributed by atoms with van der Waals surface area (Å²) in [5.41, 5.74) is 2.93. The van der Waals surface area contributed by atoms with E-state index in [4.69, 9.17) is 21.1 Å². The largest absolute Gasteiger partial charge is 0.478 e. The normalized spacial score (nSPS) is 10.9. The fraction of sp³-hybridized carbons (Fsp3) is 0.0667. The third kappa shape index (κ3) is 2.14. The van der Waals surface area contributed by atoms with Gasteiger partial charge in [0.15, 0.2) is 5.58 Å². The molecule has 0 aliphatic heterocycles. The van der Waals surface area contributed by atoms with Crippen molar-refractivity contribution < 1.29 is 14.3 Å². The highest BCUT2D eigenvalue weighted by Crippen LogP contribution is 2.30. The summed E-state index contributed by atoms with van der Waals surface area (Å²) < 4.78 is 5.62. The van der Waals surface area contributed by atoms with E-state index in [9.17, 15) is 4.79 Å². The molecule has 0 fully saturated rings. The van der Waals surface area contributed by atoms with Crippen LogP contribution in [0.15, 0.2) is 40.8 Å². The van der Waals surface area contributed by atoms with Crippen molar-refractivity contribution in [3.05, 3.63) is 52.5 Å². The lowest BCUT2D eigenvalue weighted by Gasteiger charge is -2.00. The number of aryl methyl sites for hydroxylation is 1. The number of aromatic nitrogens is 1. The van der Waals surface area contributed by atoms with Gasteiger partial charge in [0.1, 0.15) is 5.52 Å². The number of fused-ring (bicyclic) bond motifs is 1. The molecule has 3 aromatic rings. The van der Waals surface area contributed by atoms with Gasteiger partial charge in [0.25, 0.3) is 0 Å². The smallest absolute Gasteiger partial charge is 0.335 e. The number of hydrogen-bond acceptors (Lipinski definition) is 3. The van der Waals surface area contributed by atoms with Crippen LogP contribution in [0, 0.1) is 6.92 Å². The third-order valence-electron chi connectivity index (χ3n) is 2.99. The predicted octanol–water partition coefficient (Wildman–Crippen LogP) is 4.15. The molecule has 1 N–H and O–H groups in total. The maximum absolute atomic E-state index is 10.9. The fourth-order valence-electron chi connectivity index (χ4n) is 1.97. The molecule has 0 bridgehead atoms. The van der Waals surface area contributed by atoms with Gasteiger partial charge in [-0.3, -0.25) is 0 Å². The van der Waals surface area contributed by atoms with E-state index in [1.807, 2.05) is 25.1 Å². The van der Waals surface area contributed by atoms with Crippen molar-refractivity contribution in [3.63, 3.8) is 0 Å². The van der Waals surface area contributed by atoms with Crippen molar-refractivity contribution in [2.24, 2.45) is 0 Å². The van der Waals surface area contributed by atoms with Crippen molar-refractivity contribution in [2.75, 3.05) is 0 Å². The molecular formula is C15H10ClNO3. The first-order chi connectivity index (χ1) is 9.54. The van der Waals surface area contributed by atoms with E-state index in [2.05, 4.69) is 4.98 Å². The number of hydrogen-bond donors (Lipinski definition) is 1. The van der Waals surface area contributed by atoms with E-state index >= 15 is 0 Å². The number of aromatic carboxylic acids is 1. The fourth-order valence-corrected chi connectivity index (χ4v) is 2.29. The zero-order valence-electron chi connectivity index (χ0n) is 10.6. The third-order valence-corrected chi connectivity index (χ3v) is 3.30. The van der Waals surface area contributed by atoms with Crippen LogP contribution < -0.4 is 0 Å². The van der Waals surface area contributed by atoms with Gasteiger partial charge in [0.05, 0.1) is 16.1 Å². The second kappa shape index (κ2) is 4.65. The second-order valence-electron chi connectivity index (χ2n) is 4.49. The van der Waals surface area contributed by atoms with Crippen LogP contribution in [0.1, 0.15) is 15.9 Å². The Balaban J connectivity index is 2.15. The summed E-state index contributed by atoms with van der Waals surface area (Å²) in [7, 11) is 0. The predicted molar refractivity (Wildman–Crippen MR) is 76.2 cm³/mol. The quantitative estimate of drug-likeness (QED) is 0.769. The van der Waals surface area contributed by atoms with E-state index in [-0.39, 0.29) is 5.56 Å². The van der Waals surface area contributed by atoms with Crippen molar-refractivity contribution in [1.29, 1.82) is 0 Å². The van der Waals surface area contributed by atoms with Crippen molar-refractivity contribution in [2.45, 2.75) is 6.92 Å². The molecule has 4 nitrogen and oxygen atoms in total. The number of benzene rings is 2. The van der Waals surface area contributed by atoms with Crippen molar-refractivity contribution >= 4 is 28.7 Å². The van der Waals surface area contributed by atoms with Crippen LogP contribution in [-0.2, 0) is 0 Å². The molecule has 0 spiro atoms. The average molecular weight is 288 g/mol. The standard InChI is InChI=1S/C15H10ClNO3/c1-8-2-4-10(11(16)6-8)14-17-12-7-9(15(18)19)3-5-13(12)20-14/h2-7H,1H3,(H,18,19). The molecule has 20 heavy (non-hydrogen) atoms. The molecule has 0 aliphatic carbocycles. The number of rotatable bonds is 2. The summed E-state index contributed by atoms with van der Waals surface area (Å²) in [5.74, 6) is -0.614. The SMILES string of the molecule is Cc1ccc(-c2nc3cc(C(=O)O)ccc3o2)c(Cl)c1. The maximum Gasteiger partial charge on any atom is 0.335 e. The van der Waals surface area contributed by atoms with Gasteiger partial charge < -0.3 is 9.52 Å². The zero-order valence-corrected chi connectivity index (χ0v) is 11.3. The van der Waals surface area contributed by atoms with Crippen LogP contribution in [0.4, 0.5) is 0 Å². The Kier molecular flexibility index (Phi) is 2.95. The summed E-state index contributed by atoms with van der Waals surface area (Å²) in [6.45, 7) is 1.95. The van der Waals surface area contributed by atoms with E-state index in [1.165, 1.54) is 12.1 Å². The summed E-state index contributed by atoms with van der Waals surface area (Å²) in [5, 5.41) is 9.51. The summed E-state index contributed by atoms with van der Waals surface area (Å²) in [4.78, 5) is 15.2. The molecule has 0 unspecified atom stereocenters. The van der Waals surface area contributed by atoms with Gasteiger partial charge in [0, 0.05) is 0 Å². The Labute approximate surface area is 119 Å². The Bertz CT molecular complexity index is 823. The Hall–Kier alpha value is -2.33. The van der Waals surface area contributed by atoms with Gasteiger partial charge >= 0.3 is 5.97 Å². The zero-order chi connectivity index (χ0) is 14.3. The molecule has 0 aliphatic rings. The van der Waals surface area contributed by atoms with Crippen LogP contribution in [0.3, 0.4) is 0 Å². The first-order valence-corrected chi connectivity index (χ1v) is 6.33. The van der Waals surface area contributed by atoms with E-state index in [1.54, 1.807) is 6.07 Å². The van der Waals surface area contributed by atoms with E-state index < -0.39 is 5.97 Å². The van der Waals surface area contributed by atoms with Crippen molar-refractivity contribution in [3.8, 4) is 11.5 Å². The van der Waals surface area contributed by atoms with Gasteiger partial charge in [0.2, 0.25) is 5.89 Å². The molecule has 0 amide bonds. The monoisotopic (exact) mass is 287 g/mol. The Morgan fingerprint density at radius 2 is 2.05 bits per heavy atom. The minimum Gasteiger partial charge on any atom is -0.478 e. The Morgan fingerprint density at radius 1 is 1.25 bits per heavy atom. The van der Waals surface area contributed by atoms with E-state index in [0.29, 0.717) is 27.6 Å². The van der Waals surface area contributed by atoms with Crippen LogP contribution >= 0.6 is 11.6 Å². The number of carboxylic acids is 1. The number of carbonyl (C=O) groups is 1. The highest BCUT2D eigenvalue weighted by atomic mass is 35.5. The highest BCUT2D eigenvalue weighted by Gasteiger charge is 2.13. The summed E-state index contributed by atoms with van der Waals surface area (Å²) in [6, 6.07) is 10.1. The second-order valence-corrected chi connectivity index (χ2v) is 4.90. The molecule has 100 valence electrons. The minimum absolute atomic E-state index is 0.173. The number of carboxylic acid groups (broad SMARTS) is 1. The summed E-state index contributed by atoms with van der Waals surface area (Å²) >= 11 is 6.18. The molecule has 0 saturated heterocycles. The Morgan fingerprint density at radius 3 is 2.75 bits per heavy atom. The first-order valence-electron chi connectivity index (χ1n) is 5.95. The van der Waals surface area contributed by atoms with Gasteiger partial charge in [-0.2, -0.15) is 0 Å². The lowest BCUT2D eigenvalue weighted by atomic mass is 10.1. The molecule has 3 rings (SSSR count). The minimum atomic E-state index is -0.996. The van der Waals surface area contributed by atoms with Gasteiger partial charge in [-0.1, -0.05) is 17.7 Å². The molecule has 1 heterocycles. The van der Waals surface area contributed by atoms with Crippen LogP contribution in [0.5, 0.6) is 0 Å². The topological polar surface area (TPSA) is 63.3 Å². The van der Waals surface area contributed by atoms with Gasteiger partial charge in [-0.25, -0.2) is 9.78 Å². The average Bonchev–Trinajstić information content (AvgIpc) is 2.80. The molecule has 0 radical (unpaired) electrons. The number of oxazole rings is 1. The first kappa shape index (κ1) is 12.7. The van der Waals surface area contributed by atoms with Crippen molar-refractivity contribution in [1.82, 2.24) is 4.98 Å². The molecule has 0 saturated carbocycles. The van der Waals surface area contributed by atoms with Crippen LogP contribution in [0.25, 0.3) is 22.6 Å². The molecular weight excluding hydrogens is 278 g/mol. The van der Waals surface area contributed by atoms with E-state index in [0.717, 1.165) is 5.56 Å². The van der Waals surface area contributed by atoms with Crippen LogP contribution in [-0.4, -0.2) is 16.1 Å². The molecule has 0 atom stereocenters. The molecule has 1 aromatic heterocycles. The van der Waals surface area contributed by atoms with Gasteiger partial charge in [-0.15, -0.1) is 0 Å².